The van der Waals surface area contributed by atoms with Crippen molar-refractivity contribution in [2.24, 2.45) is 0 Å². The molecule has 1 fully saturated rings. The van der Waals surface area contributed by atoms with Gasteiger partial charge in [-0.05, 0) is 32.0 Å². The third-order valence-corrected chi connectivity index (χ3v) is 3.79. The molecule has 18 heavy (non-hydrogen) atoms. The fraction of sp³-hybridized carbons (Fsp3) is 0.533. The number of hydrogen-bond acceptors (Lipinski definition) is 3. The van der Waals surface area contributed by atoms with Gasteiger partial charge in [-0.1, -0.05) is 37.3 Å². The maximum absolute atomic E-state index is 9.64. The van der Waals surface area contributed by atoms with Gasteiger partial charge in [0.05, 0.1) is 6.07 Å². The second-order valence-electron chi connectivity index (χ2n) is 4.93. The molecule has 0 spiro atoms. The molecule has 1 unspecified atom stereocenters. The number of nitrogens with one attached hydrogen (secondary N) is 1. The highest BCUT2D eigenvalue weighted by Crippen LogP contribution is 2.30. The van der Waals surface area contributed by atoms with Crippen LogP contribution in [0.15, 0.2) is 30.3 Å². The summed E-state index contributed by atoms with van der Waals surface area (Å²) in [5, 5.41) is 12.9. The lowest BCUT2D eigenvalue weighted by atomic mass is 9.90. The Labute approximate surface area is 109 Å². The van der Waals surface area contributed by atoms with Crippen LogP contribution in [0.2, 0.25) is 0 Å². The van der Waals surface area contributed by atoms with Crippen LogP contribution in [0, 0.1) is 11.3 Å². The van der Waals surface area contributed by atoms with Gasteiger partial charge in [-0.15, -0.1) is 0 Å². The highest BCUT2D eigenvalue weighted by Gasteiger charge is 2.37. The van der Waals surface area contributed by atoms with E-state index in [2.05, 4.69) is 23.2 Å². The zero-order valence-corrected chi connectivity index (χ0v) is 11.2. The molecule has 1 atom stereocenters. The SMILES string of the molecule is CCN(CC(C#N)(NC)c1ccccc1)C1CC1. The Hall–Kier alpha value is -1.37. The summed E-state index contributed by atoms with van der Waals surface area (Å²) in [5.41, 5.74) is 0.453. The average Bonchev–Trinajstić information content (AvgIpc) is 3.27. The summed E-state index contributed by atoms with van der Waals surface area (Å²) >= 11 is 0. The largest absolute Gasteiger partial charge is 0.298 e. The molecule has 96 valence electrons. The Bertz CT molecular complexity index is 419. The zero-order chi connectivity index (χ0) is 13.0. The van der Waals surface area contributed by atoms with Crippen molar-refractivity contribution in [1.29, 1.82) is 5.26 Å². The quantitative estimate of drug-likeness (QED) is 0.831. The van der Waals surface area contributed by atoms with E-state index in [9.17, 15) is 5.26 Å². The monoisotopic (exact) mass is 243 g/mol. The Balaban J connectivity index is 2.24. The first-order valence-electron chi connectivity index (χ1n) is 6.65. The van der Waals surface area contributed by atoms with E-state index in [1.165, 1.54) is 12.8 Å². The Kier molecular flexibility index (Phi) is 4.00. The predicted molar refractivity (Wildman–Crippen MR) is 73.1 cm³/mol. The fourth-order valence-corrected chi connectivity index (χ4v) is 2.44. The van der Waals surface area contributed by atoms with E-state index in [0.29, 0.717) is 6.04 Å². The first kappa shape index (κ1) is 13.1. The van der Waals surface area contributed by atoms with Crippen molar-refractivity contribution >= 4 is 0 Å². The minimum atomic E-state index is -0.597. The first-order chi connectivity index (χ1) is 8.75. The summed E-state index contributed by atoms with van der Waals surface area (Å²) in [6.45, 7) is 3.93. The number of hydrogen-bond donors (Lipinski definition) is 1. The number of nitriles is 1. The van der Waals surface area contributed by atoms with Gasteiger partial charge in [0.2, 0.25) is 0 Å². The van der Waals surface area contributed by atoms with Crippen molar-refractivity contribution in [3.63, 3.8) is 0 Å². The maximum atomic E-state index is 9.64. The van der Waals surface area contributed by atoms with Gasteiger partial charge in [0.1, 0.15) is 5.54 Å². The molecule has 0 bridgehead atoms. The van der Waals surface area contributed by atoms with Gasteiger partial charge in [0.15, 0.2) is 0 Å². The average molecular weight is 243 g/mol. The molecule has 3 heteroatoms. The molecule has 0 heterocycles. The van der Waals surface area contributed by atoms with E-state index < -0.39 is 5.54 Å². The summed E-state index contributed by atoms with van der Waals surface area (Å²) in [6.07, 6.45) is 2.54. The van der Waals surface area contributed by atoms with Gasteiger partial charge >= 0.3 is 0 Å². The molecule has 1 N–H and O–H groups in total. The molecule has 1 aliphatic carbocycles. The lowest BCUT2D eigenvalue weighted by molar-refractivity contribution is 0.217. The van der Waals surface area contributed by atoms with E-state index in [1.807, 2.05) is 37.4 Å². The van der Waals surface area contributed by atoms with Crippen molar-refractivity contribution < 1.29 is 0 Å². The van der Waals surface area contributed by atoms with E-state index in [0.717, 1.165) is 18.7 Å². The zero-order valence-electron chi connectivity index (χ0n) is 11.2. The molecule has 1 aromatic carbocycles. The van der Waals surface area contributed by atoms with E-state index in [-0.39, 0.29) is 0 Å². The lowest BCUT2D eigenvalue weighted by Crippen LogP contribution is -2.49. The van der Waals surface area contributed by atoms with Crippen LogP contribution in [-0.2, 0) is 5.54 Å². The van der Waals surface area contributed by atoms with Crippen molar-refractivity contribution in [2.45, 2.75) is 31.3 Å². The fourth-order valence-electron chi connectivity index (χ4n) is 2.44. The first-order valence-corrected chi connectivity index (χ1v) is 6.65. The molecule has 1 saturated carbocycles. The van der Waals surface area contributed by atoms with Crippen molar-refractivity contribution in [1.82, 2.24) is 10.2 Å². The van der Waals surface area contributed by atoms with Crippen LogP contribution in [0.5, 0.6) is 0 Å². The van der Waals surface area contributed by atoms with Gasteiger partial charge in [0, 0.05) is 12.6 Å². The van der Waals surface area contributed by atoms with Crippen LogP contribution in [-0.4, -0.2) is 31.1 Å². The molecule has 0 saturated heterocycles. The lowest BCUT2D eigenvalue weighted by Gasteiger charge is -2.33. The van der Waals surface area contributed by atoms with Gasteiger partial charge in [0.25, 0.3) is 0 Å². The van der Waals surface area contributed by atoms with Gasteiger partial charge in [-0.2, -0.15) is 5.26 Å². The third-order valence-electron chi connectivity index (χ3n) is 3.79. The number of benzene rings is 1. The van der Waals surface area contributed by atoms with Gasteiger partial charge < -0.3 is 0 Å². The number of rotatable bonds is 6. The van der Waals surface area contributed by atoms with Gasteiger partial charge in [-0.25, -0.2) is 0 Å². The smallest absolute Gasteiger partial charge is 0.144 e. The summed E-state index contributed by atoms with van der Waals surface area (Å²) in [6, 6.07) is 13.2. The van der Waals surface area contributed by atoms with E-state index in [4.69, 9.17) is 0 Å². The van der Waals surface area contributed by atoms with Crippen molar-refractivity contribution in [2.75, 3.05) is 20.1 Å². The molecular weight excluding hydrogens is 222 g/mol. The van der Waals surface area contributed by atoms with Crippen LogP contribution in [0.25, 0.3) is 0 Å². The standard InChI is InChI=1S/C15H21N3/c1-3-18(14-9-10-14)12-15(11-16,17-2)13-7-5-4-6-8-13/h4-8,14,17H,3,9-10,12H2,1-2H3. The minimum absolute atomic E-state index is 0.597. The van der Waals surface area contributed by atoms with E-state index >= 15 is 0 Å². The molecule has 0 amide bonds. The Morgan fingerprint density at radius 1 is 1.39 bits per heavy atom. The maximum Gasteiger partial charge on any atom is 0.144 e. The van der Waals surface area contributed by atoms with Crippen LogP contribution < -0.4 is 5.32 Å². The molecule has 0 radical (unpaired) electrons. The van der Waals surface area contributed by atoms with Crippen LogP contribution >= 0.6 is 0 Å². The Morgan fingerprint density at radius 3 is 2.50 bits per heavy atom. The molecule has 1 aromatic rings. The topological polar surface area (TPSA) is 39.1 Å². The van der Waals surface area contributed by atoms with Crippen LogP contribution in [0.1, 0.15) is 25.3 Å². The van der Waals surface area contributed by atoms with E-state index in [1.54, 1.807) is 0 Å². The molecule has 3 nitrogen and oxygen atoms in total. The summed E-state index contributed by atoms with van der Waals surface area (Å²) in [7, 11) is 1.87. The highest BCUT2D eigenvalue weighted by molar-refractivity contribution is 5.32. The number of nitrogens with zero attached hydrogens (tertiary/aromatic N) is 2. The summed E-state index contributed by atoms with van der Waals surface area (Å²) < 4.78 is 0. The molecule has 1 aliphatic rings. The molecule has 0 aliphatic heterocycles. The predicted octanol–water partition coefficient (Wildman–Crippen LogP) is 2.11. The molecular formula is C15H21N3. The van der Waals surface area contributed by atoms with Crippen LogP contribution in [0.4, 0.5) is 0 Å². The Morgan fingerprint density at radius 2 is 2.06 bits per heavy atom. The van der Waals surface area contributed by atoms with Crippen molar-refractivity contribution in [3.8, 4) is 6.07 Å². The second kappa shape index (κ2) is 5.51. The van der Waals surface area contributed by atoms with Gasteiger partial charge in [-0.3, -0.25) is 10.2 Å². The molecule has 2 rings (SSSR count). The summed E-state index contributed by atoms with van der Waals surface area (Å²) in [5.74, 6) is 0. The highest BCUT2D eigenvalue weighted by atomic mass is 15.2. The number of likely N-dealkylation sites (N-methyl/N-ethyl adjacent to an activating group) is 2. The summed E-state index contributed by atoms with van der Waals surface area (Å²) in [4.78, 5) is 2.41. The molecule has 0 aromatic heterocycles. The van der Waals surface area contributed by atoms with Crippen molar-refractivity contribution in [3.05, 3.63) is 35.9 Å². The normalized spacial score (nSPS) is 18.3. The van der Waals surface area contributed by atoms with Crippen LogP contribution in [0.3, 0.4) is 0 Å². The second-order valence-corrected chi connectivity index (χ2v) is 4.93. The minimum Gasteiger partial charge on any atom is -0.298 e. The third kappa shape index (κ3) is 2.55.